The number of rotatable bonds is 7. The molecule has 2 atom stereocenters. The van der Waals surface area contributed by atoms with Crippen molar-refractivity contribution in [3.8, 4) is 0 Å². The number of fused-ring (bicyclic) bond motifs is 1. The highest BCUT2D eigenvalue weighted by atomic mass is 16.6. The zero-order valence-electron chi connectivity index (χ0n) is 17.4. The highest BCUT2D eigenvalue weighted by Crippen LogP contribution is 2.16. The number of hydrogen-bond donors (Lipinski definition) is 1. The Morgan fingerprint density at radius 2 is 1.87 bits per heavy atom. The first-order valence-electron chi connectivity index (χ1n) is 10.1. The van der Waals surface area contributed by atoms with Gasteiger partial charge in [-0.25, -0.2) is 9.78 Å². The zero-order chi connectivity index (χ0) is 21.7. The molecule has 9 heteroatoms. The summed E-state index contributed by atoms with van der Waals surface area (Å²) in [7, 11) is 0. The van der Waals surface area contributed by atoms with Gasteiger partial charge in [0.05, 0.1) is 19.3 Å². The van der Waals surface area contributed by atoms with Gasteiger partial charge in [0.1, 0.15) is 5.52 Å². The van der Waals surface area contributed by atoms with E-state index < -0.39 is 24.0 Å². The van der Waals surface area contributed by atoms with Gasteiger partial charge in [0.25, 0.3) is 11.8 Å². The first-order valence-corrected chi connectivity index (χ1v) is 10.1. The molecular weight excluding hydrogens is 390 g/mol. The Morgan fingerprint density at radius 1 is 1.17 bits per heavy atom. The number of para-hydroxylation sites is 2. The van der Waals surface area contributed by atoms with Crippen LogP contribution in [0.1, 0.15) is 37.9 Å². The number of nitrogens with one attached hydrogen (secondary N) is 1. The van der Waals surface area contributed by atoms with Crippen molar-refractivity contribution >= 4 is 28.9 Å². The largest absolute Gasteiger partial charge is 0.436 e. The van der Waals surface area contributed by atoms with E-state index in [4.69, 9.17) is 13.9 Å². The number of carbonyl (C=O) groups excluding carboxylic acids is 3. The van der Waals surface area contributed by atoms with Gasteiger partial charge in [0, 0.05) is 13.1 Å². The van der Waals surface area contributed by atoms with Gasteiger partial charge in [0.2, 0.25) is 5.78 Å². The Bertz CT molecular complexity index is 870. The Balaban J connectivity index is 1.61. The normalized spacial score (nSPS) is 16.3. The SMILES string of the molecule is CC(C)CC(OC(=O)N[C@@H](C)C(=O)c1nc2ccccc2o1)C(=O)N1CCOCC1. The number of ketones is 1. The lowest BCUT2D eigenvalue weighted by Crippen LogP contribution is -2.49. The number of alkyl carbamates (subject to hydrolysis) is 1. The molecule has 3 rings (SSSR count). The summed E-state index contributed by atoms with van der Waals surface area (Å²) in [6.07, 6.45) is -1.37. The molecule has 0 bridgehead atoms. The summed E-state index contributed by atoms with van der Waals surface area (Å²) < 4.78 is 16.1. The molecule has 2 heterocycles. The summed E-state index contributed by atoms with van der Waals surface area (Å²) in [5, 5.41) is 2.48. The minimum absolute atomic E-state index is 0.0906. The average molecular weight is 417 g/mol. The number of oxazole rings is 1. The van der Waals surface area contributed by atoms with Crippen LogP contribution in [0.5, 0.6) is 0 Å². The van der Waals surface area contributed by atoms with Gasteiger partial charge in [-0.2, -0.15) is 0 Å². The van der Waals surface area contributed by atoms with Crippen molar-refractivity contribution in [2.75, 3.05) is 26.3 Å². The first kappa shape index (κ1) is 21.8. The Hall–Kier alpha value is -2.94. The van der Waals surface area contributed by atoms with Crippen LogP contribution >= 0.6 is 0 Å². The summed E-state index contributed by atoms with van der Waals surface area (Å²) in [6, 6.07) is 6.08. The van der Waals surface area contributed by atoms with E-state index in [0.29, 0.717) is 43.8 Å². The molecule has 30 heavy (non-hydrogen) atoms. The molecule has 1 fully saturated rings. The van der Waals surface area contributed by atoms with Crippen LogP contribution in [0.2, 0.25) is 0 Å². The molecule has 162 valence electrons. The lowest BCUT2D eigenvalue weighted by atomic mass is 10.0. The molecule has 9 nitrogen and oxygen atoms in total. The van der Waals surface area contributed by atoms with Crippen LogP contribution in [-0.4, -0.2) is 66.1 Å². The van der Waals surface area contributed by atoms with E-state index in [9.17, 15) is 14.4 Å². The number of aromatic nitrogens is 1. The number of nitrogens with zero attached hydrogens (tertiary/aromatic N) is 2. The summed E-state index contributed by atoms with van der Waals surface area (Å²) in [4.78, 5) is 43.6. The van der Waals surface area contributed by atoms with Crippen molar-refractivity contribution in [2.45, 2.75) is 39.3 Å². The molecule has 0 aliphatic carbocycles. The third-order valence-corrected chi connectivity index (χ3v) is 4.77. The highest BCUT2D eigenvalue weighted by molar-refractivity contribution is 5.99. The maximum Gasteiger partial charge on any atom is 0.408 e. The second-order valence-corrected chi connectivity index (χ2v) is 7.68. The van der Waals surface area contributed by atoms with Gasteiger partial charge in [-0.3, -0.25) is 9.59 Å². The van der Waals surface area contributed by atoms with Gasteiger partial charge in [-0.05, 0) is 31.4 Å². The number of Topliss-reactive ketones (excluding diaryl/α,β-unsaturated/α-hetero) is 1. The van der Waals surface area contributed by atoms with Crippen LogP contribution in [0.15, 0.2) is 28.7 Å². The molecule has 1 N–H and O–H groups in total. The summed E-state index contributed by atoms with van der Waals surface area (Å²) in [6.45, 7) is 7.25. The molecule has 1 aromatic heterocycles. The van der Waals surface area contributed by atoms with E-state index in [0.717, 1.165) is 0 Å². The van der Waals surface area contributed by atoms with Crippen molar-refractivity contribution in [1.29, 1.82) is 0 Å². The lowest BCUT2D eigenvalue weighted by Gasteiger charge is -2.30. The molecule has 1 unspecified atom stereocenters. The minimum atomic E-state index is -0.927. The number of benzene rings is 1. The third-order valence-electron chi connectivity index (χ3n) is 4.77. The predicted molar refractivity (Wildman–Crippen MR) is 108 cm³/mol. The summed E-state index contributed by atoms with van der Waals surface area (Å²) in [5.41, 5.74) is 1.05. The number of carbonyl (C=O) groups is 3. The van der Waals surface area contributed by atoms with Crippen molar-refractivity contribution in [3.05, 3.63) is 30.2 Å². The van der Waals surface area contributed by atoms with E-state index in [1.165, 1.54) is 6.92 Å². The molecule has 0 spiro atoms. The van der Waals surface area contributed by atoms with Crippen molar-refractivity contribution in [3.63, 3.8) is 0 Å². The molecule has 2 aromatic rings. The number of morpholine rings is 1. The first-order chi connectivity index (χ1) is 14.3. The molecule has 2 amide bonds. The molecule has 1 aromatic carbocycles. The van der Waals surface area contributed by atoms with Crippen LogP contribution < -0.4 is 5.32 Å². The van der Waals surface area contributed by atoms with Gasteiger partial charge < -0.3 is 24.1 Å². The second-order valence-electron chi connectivity index (χ2n) is 7.68. The number of hydrogen-bond acceptors (Lipinski definition) is 7. The highest BCUT2D eigenvalue weighted by Gasteiger charge is 2.31. The topological polar surface area (TPSA) is 111 Å². The predicted octanol–water partition coefficient (Wildman–Crippen LogP) is 2.40. The van der Waals surface area contributed by atoms with Gasteiger partial charge in [0.15, 0.2) is 11.7 Å². The van der Waals surface area contributed by atoms with Crippen LogP contribution in [-0.2, 0) is 14.3 Å². The van der Waals surface area contributed by atoms with Crippen LogP contribution in [0.4, 0.5) is 4.79 Å². The molecule has 0 radical (unpaired) electrons. The maximum atomic E-state index is 12.8. The van der Waals surface area contributed by atoms with E-state index in [1.807, 2.05) is 13.8 Å². The fourth-order valence-corrected chi connectivity index (χ4v) is 3.18. The van der Waals surface area contributed by atoms with E-state index in [2.05, 4.69) is 10.3 Å². The third kappa shape index (κ3) is 5.35. The molecule has 0 saturated carbocycles. The lowest BCUT2D eigenvalue weighted by molar-refractivity contribution is -0.145. The van der Waals surface area contributed by atoms with E-state index in [1.54, 1.807) is 29.2 Å². The average Bonchev–Trinajstić information content (AvgIpc) is 3.16. The van der Waals surface area contributed by atoms with Gasteiger partial charge >= 0.3 is 6.09 Å². The zero-order valence-corrected chi connectivity index (χ0v) is 17.4. The van der Waals surface area contributed by atoms with Crippen LogP contribution in [0.3, 0.4) is 0 Å². The Labute approximate surface area is 174 Å². The monoisotopic (exact) mass is 417 g/mol. The number of ether oxygens (including phenoxy) is 2. The van der Waals surface area contributed by atoms with Crippen LogP contribution in [0, 0.1) is 5.92 Å². The van der Waals surface area contributed by atoms with Gasteiger partial charge in [-0.15, -0.1) is 0 Å². The van der Waals surface area contributed by atoms with Crippen molar-refractivity contribution < 1.29 is 28.3 Å². The molecule has 1 aliphatic heterocycles. The van der Waals surface area contributed by atoms with E-state index >= 15 is 0 Å². The van der Waals surface area contributed by atoms with Crippen molar-refractivity contribution in [2.24, 2.45) is 5.92 Å². The smallest absolute Gasteiger partial charge is 0.408 e. The summed E-state index contributed by atoms with van der Waals surface area (Å²) in [5.74, 6) is -0.679. The Morgan fingerprint density at radius 3 is 2.53 bits per heavy atom. The van der Waals surface area contributed by atoms with Crippen LogP contribution in [0.25, 0.3) is 11.1 Å². The second kappa shape index (κ2) is 9.71. The van der Waals surface area contributed by atoms with Crippen molar-refractivity contribution in [1.82, 2.24) is 15.2 Å². The Kier molecular flexibility index (Phi) is 7.04. The fraction of sp³-hybridized carbons (Fsp3) is 0.524. The fourth-order valence-electron chi connectivity index (χ4n) is 3.18. The summed E-state index contributed by atoms with van der Waals surface area (Å²) >= 11 is 0. The molecular formula is C21H27N3O6. The van der Waals surface area contributed by atoms with Gasteiger partial charge in [-0.1, -0.05) is 26.0 Å². The molecule has 1 aliphatic rings. The quantitative estimate of drug-likeness (QED) is 0.689. The minimum Gasteiger partial charge on any atom is -0.436 e. The number of amides is 2. The molecule has 1 saturated heterocycles. The van der Waals surface area contributed by atoms with E-state index in [-0.39, 0.29) is 17.7 Å². The standard InChI is InChI=1S/C21H27N3O6/c1-13(2)12-17(20(26)24-8-10-28-11-9-24)30-21(27)22-14(3)18(25)19-23-15-6-4-5-7-16(15)29-19/h4-7,13-14,17H,8-12H2,1-3H3,(H,22,27)/t14-,17?/m0/s1. The maximum absolute atomic E-state index is 12.8.